The van der Waals surface area contributed by atoms with Crippen molar-refractivity contribution in [3.8, 4) is 29.4 Å². The predicted octanol–water partition coefficient (Wildman–Crippen LogP) is 6.96. The summed E-state index contributed by atoms with van der Waals surface area (Å²) in [5.41, 5.74) is 0.762. The summed E-state index contributed by atoms with van der Waals surface area (Å²) in [7, 11) is 0. The molecule has 3 aromatic rings. The monoisotopic (exact) mass is 470 g/mol. The number of hydrogen-bond donors (Lipinski definition) is 0. The van der Waals surface area contributed by atoms with Crippen molar-refractivity contribution in [2.75, 3.05) is 6.61 Å². The number of nitriles is 2. The van der Waals surface area contributed by atoms with Gasteiger partial charge in [0.05, 0.1) is 23.3 Å². The molecule has 0 spiro atoms. The molecule has 5 nitrogen and oxygen atoms in total. The summed E-state index contributed by atoms with van der Waals surface area (Å²) in [6.45, 7) is 2.43. The Hall–Kier alpha value is -3.58. The third-order valence-electron chi connectivity index (χ3n) is 3.92. The van der Waals surface area contributed by atoms with E-state index in [1.165, 1.54) is 12.1 Å². The molecule has 8 heteroatoms. The Balaban J connectivity index is 0.000000303. The maximum atomic E-state index is 12.5. The number of carbonyl (C=O) groups excluding carboxylic acids is 1. The zero-order chi connectivity index (χ0) is 23.5. The Labute approximate surface area is 195 Å². The van der Waals surface area contributed by atoms with Crippen molar-refractivity contribution < 1.29 is 18.7 Å². The van der Waals surface area contributed by atoms with Crippen molar-refractivity contribution in [1.29, 1.82) is 10.5 Å². The van der Waals surface area contributed by atoms with E-state index in [1.807, 2.05) is 13.0 Å². The van der Waals surface area contributed by atoms with Gasteiger partial charge in [-0.05, 0) is 48.9 Å². The van der Waals surface area contributed by atoms with Crippen molar-refractivity contribution in [1.82, 2.24) is 0 Å². The Morgan fingerprint density at radius 2 is 1.62 bits per heavy atom. The lowest BCUT2D eigenvalue weighted by Crippen LogP contribution is -2.01. The van der Waals surface area contributed by atoms with Crippen LogP contribution in [0.3, 0.4) is 0 Å². The number of rotatable bonds is 6. The van der Waals surface area contributed by atoms with Crippen molar-refractivity contribution in [2.24, 2.45) is 0 Å². The van der Waals surface area contributed by atoms with E-state index in [9.17, 15) is 9.18 Å². The fourth-order valence-corrected chi connectivity index (χ4v) is 2.76. The predicted molar refractivity (Wildman–Crippen MR) is 120 cm³/mol. The highest BCUT2D eigenvalue weighted by Gasteiger charge is 2.14. The van der Waals surface area contributed by atoms with Gasteiger partial charge in [0.2, 0.25) is 0 Å². The number of ether oxygens (including phenoxy) is 2. The summed E-state index contributed by atoms with van der Waals surface area (Å²) in [5.74, 6) is 0.481. The fraction of sp³-hybridized carbons (Fsp3) is 0.125. The third-order valence-corrected chi connectivity index (χ3v) is 4.39. The lowest BCUT2D eigenvalue weighted by atomic mass is 10.2. The number of aldehydes is 1. The Morgan fingerprint density at radius 1 is 0.969 bits per heavy atom. The van der Waals surface area contributed by atoms with Crippen molar-refractivity contribution in [3.63, 3.8) is 0 Å². The normalized spacial score (nSPS) is 9.56. The van der Waals surface area contributed by atoms with Crippen molar-refractivity contribution >= 4 is 29.5 Å². The molecular weight excluding hydrogens is 454 g/mol. The van der Waals surface area contributed by atoms with Gasteiger partial charge in [0.15, 0.2) is 17.8 Å². The molecule has 0 fully saturated rings. The second-order valence-electron chi connectivity index (χ2n) is 6.23. The molecule has 3 rings (SSSR count). The summed E-state index contributed by atoms with van der Waals surface area (Å²) >= 11 is 11.4. The highest BCUT2D eigenvalue weighted by Crippen LogP contribution is 2.36. The van der Waals surface area contributed by atoms with Gasteiger partial charge in [-0.2, -0.15) is 10.5 Å². The first-order chi connectivity index (χ1) is 15.4. The molecule has 32 heavy (non-hydrogen) atoms. The lowest BCUT2D eigenvalue weighted by Gasteiger charge is -2.14. The van der Waals surface area contributed by atoms with Gasteiger partial charge in [0.1, 0.15) is 23.7 Å². The first-order valence-corrected chi connectivity index (χ1v) is 10.1. The standard InChI is InChI=1S/C17H14ClNO3.C7H3ClFN/c1-2-8-21-17-13(11-20)4-3-5-15(17)22-16-9-14(18)7-6-12(16)10-19;8-6-2-1-5(4-10)7(9)3-6/h3-7,9,11H,2,8H2,1H3;1-3H. The van der Waals surface area contributed by atoms with Crippen molar-refractivity contribution in [3.05, 3.63) is 87.2 Å². The molecule has 0 radical (unpaired) electrons. The lowest BCUT2D eigenvalue weighted by molar-refractivity contribution is 0.111. The number of benzene rings is 3. The minimum atomic E-state index is -0.574. The van der Waals surface area contributed by atoms with Crippen LogP contribution in [0.25, 0.3) is 0 Å². The zero-order valence-corrected chi connectivity index (χ0v) is 18.5. The van der Waals surface area contributed by atoms with Gasteiger partial charge in [-0.1, -0.05) is 36.2 Å². The quantitative estimate of drug-likeness (QED) is 0.363. The maximum Gasteiger partial charge on any atom is 0.172 e. The Morgan fingerprint density at radius 3 is 2.22 bits per heavy atom. The summed E-state index contributed by atoms with van der Waals surface area (Å²) in [6, 6.07) is 17.4. The Kier molecular flexibility index (Phi) is 9.50. The SMILES string of the molecule is CCCOc1c(C=O)cccc1Oc1cc(Cl)ccc1C#N.N#Cc1ccc(Cl)cc1F. The van der Waals surface area contributed by atoms with Crippen LogP contribution in [0, 0.1) is 28.5 Å². The van der Waals surface area contributed by atoms with E-state index in [1.54, 1.807) is 42.5 Å². The number of carbonyl (C=O) groups is 1. The van der Waals surface area contributed by atoms with Crippen LogP contribution in [0.2, 0.25) is 10.0 Å². The van der Waals surface area contributed by atoms with Crippen LogP contribution in [-0.4, -0.2) is 12.9 Å². The molecule has 0 saturated carbocycles. The largest absolute Gasteiger partial charge is 0.489 e. The van der Waals surface area contributed by atoms with Crippen LogP contribution >= 0.6 is 23.2 Å². The molecule has 0 saturated heterocycles. The van der Waals surface area contributed by atoms with E-state index < -0.39 is 5.82 Å². The minimum Gasteiger partial charge on any atom is -0.489 e. The van der Waals surface area contributed by atoms with Gasteiger partial charge in [-0.15, -0.1) is 0 Å². The van der Waals surface area contributed by atoms with E-state index in [0.717, 1.165) is 12.5 Å². The van der Waals surface area contributed by atoms with E-state index in [0.29, 0.717) is 51.3 Å². The number of halogens is 3. The van der Waals surface area contributed by atoms with Crippen LogP contribution in [-0.2, 0) is 0 Å². The number of para-hydroxylation sites is 1. The number of nitrogens with zero attached hydrogens (tertiary/aromatic N) is 2. The van der Waals surface area contributed by atoms with E-state index in [-0.39, 0.29) is 5.56 Å². The number of hydrogen-bond acceptors (Lipinski definition) is 5. The molecule has 0 aliphatic carbocycles. The highest BCUT2D eigenvalue weighted by atomic mass is 35.5. The molecule has 0 atom stereocenters. The van der Waals surface area contributed by atoms with Gasteiger partial charge in [0.25, 0.3) is 0 Å². The van der Waals surface area contributed by atoms with Crippen molar-refractivity contribution in [2.45, 2.75) is 13.3 Å². The van der Waals surface area contributed by atoms with Crippen LogP contribution < -0.4 is 9.47 Å². The second kappa shape index (κ2) is 12.3. The Bertz CT molecular complexity index is 1190. The molecule has 3 aromatic carbocycles. The molecule has 0 heterocycles. The summed E-state index contributed by atoms with van der Waals surface area (Å²) in [4.78, 5) is 11.2. The van der Waals surface area contributed by atoms with Crippen LogP contribution in [0.5, 0.6) is 17.2 Å². The fourth-order valence-electron chi connectivity index (χ4n) is 2.44. The summed E-state index contributed by atoms with van der Waals surface area (Å²) < 4.78 is 23.9. The molecule has 0 unspecified atom stereocenters. The van der Waals surface area contributed by atoms with Gasteiger partial charge in [-0.3, -0.25) is 4.79 Å². The molecule has 0 aromatic heterocycles. The van der Waals surface area contributed by atoms with Gasteiger partial charge >= 0.3 is 0 Å². The summed E-state index contributed by atoms with van der Waals surface area (Å²) in [5, 5.41) is 18.2. The van der Waals surface area contributed by atoms with Crippen LogP contribution in [0.15, 0.2) is 54.6 Å². The van der Waals surface area contributed by atoms with Crippen LogP contribution in [0.4, 0.5) is 4.39 Å². The van der Waals surface area contributed by atoms with Gasteiger partial charge in [-0.25, -0.2) is 4.39 Å². The smallest absolute Gasteiger partial charge is 0.172 e. The molecule has 0 aliphatic rings. The molecule has 0 amide bonds. The molecular formula is C24H17Cl2FN2O3. The molecule has 0 aliphatic heterocycles. The topological polar surface area (TPSA) is 83.1 Å². The first kappa shape index (κ1) is 24.7. The minimum absolute atomic E-state index is 0.0180. The molecule has 162 valence electrons. The maximum absolute atomic E-state index is 12.5. The van der Waals surface area contributed by atoms with Crippen LogP contribution in [0.1, 0.15) is 34.8 Å². The summed E-state index contributed by atoms with van der Waals surface area (Å²) in [6.07, 6.45) is 1.51. The zero-order valence-electron chi connectivity index (χ0n) is 16.9. The first-order valence-electron chi connectivity index (χ1n) is 9.37. The van der Waals surface area contributed by atoms with E-state index in [2.05, 4.69) is 0 Å². The van der Waals surface area contributed by atoms with E-state index >= 15 is 0 Å². The molecule has 0 N–H and O–H groups in total. The van der Waals surface area contributed by atoms with Gasteiger partial charge in [0, 0.05) is 16.1 Å². The second-order valence-corrected chi connectivity index (χ2v) is 7.10. The average Bonchev–Trinajstić information content (AvgIpc) is 2.79. The van der Waals surface area contributed by atoms with Gasteiger partial charge < -0.3 is 9.47 Å². The third kappa shape index (κ3) is 6.72. The highest BCUT2D eigenvalue weighted by molar-refractivity contribution is 6.31. The van der Waals surface area contributed by atoms with E-state index in [4.69, 9.17) is 43.2 Å². The molecule has 0 bridgehead atoms. The average molecular weight is 471 g/mol.